The van der Waals surface area contributed by atoms with Crippen molar-refractivity contribution < 1.29 is 9.18 Å². The van der Waals surface area contributed by atoms with Crippen LogP contribution in [0.3, 0.4) is 0 Å². The van der Waals surface area contributed by atoms with Gasteiger partial charge < -0.3 is 10.2 Å². The van der Waals surface area contributed by atoms with E-state index in [9.17, 15) is 9.18 Å². The Morgan fingerprint density at radius 3 is 2.43 bits per heavy atom. The first-order valence-corrected chi connectivity index (χ1v) is 7.74. The summed E-state index contributed by atoms with van der Waals surface area (Å²) in [4.78, 5) is 13.9. The summed E-state index contributed by atoms with van der Waals surface area (Å²) in [5.74, 6) is -0.261. The molecule has 0 fully saturated rings. The van der Waals surface area contributed by atoms with Gasteiger partial charge >= 0.3 is 6.03 Å². The average molecular weight is 294 g/mol. The number of amides is 2. The Morgan fingerprint density at radius 2 is 1.86 bits per heavy atom. The molecule has 2 unspecified atom stereocenters. The Hall–Kier alpha value is -1.58. The van der Waals surface area contributed by atoms with Crippen LogP contribution in [0.4, 0.5) is 9.18 Å². The normalized spacial score (nSPS) is 13.6. The van der Waals surface area contributed by atoms with E-state index < -0.39 is 0 Å². The molecule has 21 heavy (non-hydrogen) atoms. The SMILES string of the molecule is CCCCCC(C)NC(=O)N(C)C(C)c1ccc(F)cc1. The van der Waals surface area contributed by atoms with Gasteiger partial charge in [-0.3, -0.25) is 0 Å². The van der Waals surface area contributed by atoms with Gasteiger partial charge in [-0.15, -0.1) is 0 Å². The molecule has 0 aliphatic heterocycles. The Labute approximate surface area is 127 Å². The minimum absolute atomic E-state index is 0.0872. The van der Waals surface area contributed by atoms with Crippen molar-refractivity contribution in [3.63, 3.8) is 0 Å². The molecule has 118 valence electrons. The van der Waals surface area contributed by atoms with E-state index in [1.54, 1.807) is 24.1 Å². The Bertz CT molecular complexity index is 433. The largest absolute Gasteiger partial charge is 0.336 e. The molecule has 0 radical (unpaired) electrons. The summed E-state index contributed by atoms with van der Waals surface area (Å²) in [6.07, 6.45) is 4.51. The van der Waals surface area contributed by atoms with Gasteiger partial charge in [-0.05, 0) is 38.0 Å². The van der Waals surface area contributed by atoms with Crippen LogP contribution in [0.2, 0.25) is 0 Å². The van der Waals surface area contributed by atoms with Crippen LogP contribution in [-0.4, -0.2) is 24.0 Å². The van der Waals surface area contributed by atoms with Crippen LogP contribution < -0.4 is 5.32 Å². The summed E-state index contributed by atoms with van der Waals surface area (Å²) in [5.41, 5.74) is 0.924. The lowest BCUT2D eigenvalue weighted by Gasteiger charge is -2.27. The van der Waals surface area contributed by atoms with E-state index in [0.717, 1.165) is 18.4 Å². The number of benzene rings is 1. The van der Waals surface area contributed by atoms with Gasteiger partial charge in [-0.1, -0.05) is 38.3 Å². The number of hydrogen-bond donors (Lipinski definition) is 1. The molecule has 1 aromatic rings. The number of hydrogen-bond acceptors (Lipinski definition) is 1. The highest BCUT2D eigenvalue weighted by atomic mass is 19.1. The Balaban J connectivity index is 2.51. The van der Waals surface area contributed by atoms with Gasteiger partial charge in [0.05, 0.1) is 6.04 Å². The number of halogens is 1. The summed E-state index contributed by atoms with van der Waals surface area (Å²) in [6, 6.07) is 6.27. The highest BCUT2D eigenvalue weighted by molar-refractivity contribution is 5.74. The topological polar surface area (TPSA) is 32.3 Å². The predicted octanol–water partition coefficient (Wildman–Crippen LogP) is 4.50. The molecule has 0 saturated heterocycles. The van der Waals surface area contributed by atoms with Gasteiger partial charge in [-0.2, -0.15) is 0 Å². The summed E-state index contributed by atoms with van der Waals surface area (Å²) in [7, 11) is 1.77. The quantitative estimate of drug-likeness (QED) is 0.738. The summed E-state index contributed by atoms with van der Waals surface area (Å²) >= 11 is 0. The summed E-state index contributed by atoms with van der Waals surface area (Å²) in [5, 5.41) is 3.01. The minimum Gasteiger partial charge on any atom is -0.336 e. The second kappa shape index (κ2) is 8.65. The fraction of sp³-hybridized carbons (Fsp3) is 0.588. The van der Waals surface area contributed by atoms with Crippen LogP contribution in [0.15, 0.2) is 24.3 Å². The fourth-order valence-corrected chi connectivity index (χ4v) is 2.23. The molecule has 0 spiro atoms. The maximum atomic E-state index is 12.9. The van der Waals surface area contributed by atoms with Gasteiger partial charge in [0.15, 0.2) is 0 Å². The molecule has 1 rings (SSSR count). The lowest BCUT2D eigenvalue weighted by Crippen LogP contribution is -2.42. The molecule has 0 saturated carbocycles. The van der Waals surface area contributed by atoms with E-state index >= 15 is 0 Å². The highest BCUT2D eigenvalue weighted by Gasteiger charge is 2.18. The van der Waals surface area contributed by atoms with Crippen molar-refractivity contribution in [1.82, 2.24) is 10.2 Å². The molecule has 1 aromatic carbocycles. The Kier molecular flexibility index (Phi) is 7.20. The third-order valence-corrected chi connectivity index (χ3v) is 3.86. The highest BCUT2D eigenvalue weighted by Crippen LogP contribution is 2.19. The molecule has 4 heteroatoms. The number of urea groups is 1. The second-order valence-electron chi connectivity index (χ2n) is 5.68. The monoisotopic (exact) mass is 294 g/mol. The molecule has 0 heterocycles. The van der Waals surface area contributed by atoms with E-state index in [1.165, 1.54) is 25.0 Å². The van der Waals surface area contributed by atoms with Crippen LogP contribution in [0.5, 0.6) is 0 Å². The average Bonchev–Trinajstić information content (AvgIpc) is 2.46. The van der Waals surface area contributed by atoms with Gasteiger partial charge in [0, 0.05) is 13.1 Å². The van der Waals surface area contributed by atoms with Crippen LogP contribution >= 0.6 is 0 Å². The number of rotatable bonds is 7. The molecule has 0 aromatic heterocycles. The standard InChI is InChI=1S/C17H27FN2O/c1-5-6-7-8-13(2)19-17(21)20(4)14(3)15-9-11-16(18)12-10-15/h9-14H,5-8H2,1-4H3,(H,19,21). The van der Waals surface area contributed by atoms with Crippen molar-refractivity contribution in [2.24, 2.45) is 0 Å². The van der Waals surface area contributed by atoms with E-state index in [4.69, 9.17) is 0 Å². The third-order valence-electron chi connectivity index (χ3n) is 3.86. The maximum absolute atomic E-state index is 12.9. The first kappa shape index (κ1) is 17.5. The number of carbonyl (C=O) groups is 1. The van der Waals surface area contributed by atoms with Crippen molar-refractivity contribution in [1.29, 1.82) is 0 Å². The number of nitrogens with zero attached hydrogens (tertiary/aromatic N) is 1. The van der Waals surface area contributed by atoms with E-state index in [2.05, 4.69) is 12.2 Å². The van der Waals surface area contributed by atoms with Crippen LogP contribution in [-0.2, 0) is 0 Å². The first-order valence-electron chi connectivity index (χ1n) is 7.74. The molecule has 0 aliphatic rings. The second-order valence-corrected chi connectivity index (χ2v) is 5.68. The van der Waals surface area contributed by atoms with Gasteiger partial charge in [0.1, 0.15) is 5.82 Å². The van der Waals surface area contributed by atoms with Gasteiger partial charge in [-0.25, -0.2) is 9.18 Å². The third kappa shape index (κ3) is 5.74. The predicted molar refractivity (Wildman–Crippen MR) is 84.7 cm³/mol. The van der Waals surface area contributed by atoms with E-state index in [-0.39, 0.29) is 23.9 Å². The van der Waals surface area contributed by atoms with Crippen LogP contribution in [0.25, 0.3) is 0 Å². The molecule has 3 nitrogen and oxygen atoms in total. The molecular formula is C17H27FN2O. The van der Waals surface area contributed by atoms with Crippen molar-refractivity contribution in [3.8, 4) is 0 Å². The smallest absolute Gasteiger partial charge is 0.317 e. The number of unbranched alkanes of at least 4 members (excludes halogenated alkanes) is 2. The lowest BCUT2D eigenvalue weighted by atomic mass is 10.1. The number of carbonyl (C=O) groups excluding carboxylic acids is 1. The van der Waals surface area contributed by atoms with Crippen LogP contribution in [0.1, 0.15) is 58.1 Å². The van der Waals surface area contributed by atoms with E-state index in [0.29, 0.717) is 0 Å². The number of nitrogens with one attached hydrogen (secondary N) is 1. The maximum Gasteiger partial charge on any atom is 0.317 e. The van der Waals surface area contributed by atoms with Crippen molar-refractivity contribution in [3.05, 3.63) is 35.6 Å². The molecular weight excluding hydrogens is 267 g/mol. The zero-order valence-corrected chi connectivity index (χ0v) is 13.5. The zero-order chi connectivity index (χ0) is 15.8. The lowest BCUT2D eigenvalue weighted by molar-refractivity contribution is 0.190. The minimum atomic E-state index is -0.261. The summed E-state index contributed by atoms with van der Waals surface area (Å²) in [6.45, 7) is 6.14. The van der Waals surface area contributed by atoms with Crippen molar-refractivity contribution in [2.45, 2.75) is 58.5 Å². The molecule has 1 N–H and O–H groups in total. The van der Waals surface area contributed by atoms with Gasteiger partial charge in [0.25, 0.3) is 0 Å². The molecule has 2 amide bonds. The van der Waals surface area contributed by atoms with Crippen molar-refractivity contribution >= 4 is 6.03 Å². The zero-order valence-electron chi connectivity index (χ0n) is 13.5. The molecule has 0 bridgehead atoms. The van der Waals surface area contributed by atoms with Gasteiger partial charge in [0.2, 0.25) is 0 Å². The van der Waals surface area contributed by atoms with Crippen molar-refractivity contribution in [2.75, 3.05) is 7.05 Å². The molecule has 0 aliphatic carbocycles. The first-order chi connectivity index (χ1) is 9.95. The van der Waals surface area contributed by atoms with E-state index in [1.807, 2.05) is 13.8 Å². The van der Waals surface area contributed by atoms with Crippen LogP contribution in [0, 0.1) is 5.82 Å². The Morgan fingerprint density at radius 1 is 1.24 bits per heavy atom. The molecule has 2 atom stereocenters. The summed E-state index contributed by atoms with van der Waals surface area (Å²) < 4.78 is 12.9. The fourth-order valence-electron chi connectivity index (χ4n) is 2.23.